The van der Waals surface area contributed by atoms with Gasteiger partial charge in [-0.15, -0.1) is 0 Å². The van der Waals surface area contributed by atoms with Crippen LogP contribution in [0.2, 0.25) is 0 Å². The molecule has 1 rings (SSSR count). The van der Waals surface area contributed by atoms with Crippen molar-refractivity contribution in [1.29, 1.82) is 0 Å². The third-order valence-electron chi connectivity index (χ3n) is 1.49. The SMILES string of the molecule is CCS(=O)C1=CCCC=C1. The summed E-state index contributed by atoms with van der Waals surface area (Å²) >= 11 is 0. The van der Waals surface area contributed by atoms with Gasteiger partial charge in [0.1, 0.15) is 0 Å². The quantitative estimate of drug-likeness (QED) is 0.597. The van der Waals surface area contributed by atoms with E-state index in [9.17, 15) is 4.21 Å². The standard InChI is InChI=1S/C8H12OS/c1-2-10(9)8-6-4-3-5-7-8/h4,6-7H,2-3,5H2,1H3. The molecular formula is C8H12OS. The van der Waals surface area contributed by atoms with Crippen LogP contribution in [0.4, 0.5) is 0 Å². The van der Waals surface area contributed by atoms with Crippen molar-refractivity contribution in [1.82, 2.24) is 0 Å². The van der Waals surface area contributed by atoms with E-state index in [1.165, 1.54) is 0 Å². The maximum atomic E-state index is 11.2. The molecule has 1 aliphatic carbocycles. The normalized spacial score (nSPS) is 20.3. The predicted octanol–water partition coefficient (Wildman–Crippen LogP) is 1.99. The van der Waals surface area contributed by atoms with Crippen LogP contribution < -0.4 is 0 Å². The zero-order valence-corrected chi connectivity index (χ0v) is 6.99. The van der Waals surface area contributed by atoms with Gasteiger partial charge in [-0.3, -0.25) is 4.21 Å². The van der Waals surface area contributed by atoms with Gasteiger partial charge in [0, 0.05) is 10.7 Å². The van der Waals surface area contributed by atoms with Crippen LogP contribution >= 0.6 is 0 Å². The van der Waals surface area contributed by atoms with Gasteiger partial charge in [-0.05, 0) is 12.8 Å². The van der Waals surface area contributed by atoms with Gasteiger partial charge >= 0.3 is 0 Å². The minimum Gasteiger partial charge on any atom is -0.254 e. The Labute approximate surface area is 64.3 Å². The van der Waals surface area contributed by atoms with E-state index in [1.54, 1.807) is 0 Å². The van der Waals surface area contributed by atoms with Gasteiger partial charge in [0.05, 0.1) is 10.8 Å². The minimum atomic E-state index is -0.739. The summed E-state index contributed by atoms with van der Waals surface area (Å²) in [6.45, 7) is 1.94. The summed E-state index contributed by atoms with van der Waals surface area (Å²) < 4.78 is 11.2. The molecule has 0 heterocycles. The Kier molecular flexibility index (Phi) is 2.87. The lowest BCUT2D eigenvalue weighted by Crippen LogP contribution is -1.96. The lowest BCUT2D eigenvalue weighted by atomic mass is 10.2. The molecule has 0 aromatic carbocycles. The van der Waals surface area contributed by atoms with E-state index >= 15 is 0 Å². The molecule has 0 spiro atoms. The molecule has 0 bridgehead atoms. The molecule has 0 aromatic rings. The Morgan fingerprint density at radius 2 is 2.40 bits per heavy atom. The fourth-order valence-corrected chi connectivity index (χ4v) is 1.81. The molecule has 1 nitrogen and oxygen atoms in total. The van der Waals surface area contributed by atoms with Crippen molar-refractivity contribution in [2.45, 2.75) is 19.8 Å². The first-order chi connectivity index (χ1) is 4.84. The minimum absolute atomic E-state index is 0.732. The van der Waals surface area contributed by atoms with Crippen LogP contribution in [0.15, 0.2) is 23.1 Å². The largest absolute Gasteiger partial charge is 0.254 e. The van der Waals surface area contributed by atoms with Crippen molar-refractivity contribution in [2.24, 2.45) is 0 Å². The Bertz CT molecular complexity index is 191. The van der Waals surface area contributed by atoms with Crippen LogP contribution in [-0.2, 0) is 10.8 Å². The van der Waals surface area contributed by atoms with Crippen molar-refractivity contribution in [2.75, 3.05) is 5.75 Å². The average Bonchev–Trinajstić information content (AvgIpc) is 2.05. The molecule has 1 unspecified atom stereocenters. The molecule has 0 N–H and O–H groups in total. The van der Waals surface area contributed by atoms with Gasteiger partial charge < -0.3 is 0 Å². The fraction of sp³-hybridized carbons (Fsp3) is 0.500. The lowest BCUT2D eigenvalue weighted by molar-refractivity contribution is 0.687. The Morgan fingerprint density at radius 3 is 2.90 bits per heavy atom. The molecule has 0 aromatic heterocycles. The molecule has 0 aliphatic heterocycles. The van der Waals surface area contributed by atoms with Crippen LogP contribution in [0.1, 0.15) is 19.8 Å². The van der Waals surface area contributed by atoms with E-state index in [-0.39, 0.29) is 0 Å². The first-order valence-electron chi connectivity index (χ1n) is 3.59. The molecule has 0 fully saturated rings. The van der Waals surface area contributed by atoms with Crippen molar-refractivity contribution in [3.05, 3.63) is 23.1 Å². The zero-order valence-electron chi connectivity index (χ0n) is 6.17. The van der Waals surface area contributed by atoms with E-state index in [0.29, 0.717) is 0 Å². The third kappa shape index (κ3) is 1.81. The van der Waals surface area contributed by atoms with Crippen LogP contribution in [0.25, 0.3) is 0 Å². The highest BCUT2D eigenvalue weighted by atomic mass is 32.2. The molecule has 1 aliphatic rings. The second-order valence-electron chi connectivity index (χ2n) is 2.22. The maximum absolute atomic E-state index is 11.2. The van der Waals surface area contributed by atoms with Gasteiger partial charge in [0.15, 0.2) is 0 Å². The summed E-state index contributed by atoms with van der Waals surface area (Å²) in [5, 5.41) is 0. The van der Waals surface area contributed by atoms with Crippen molar-refractivity contribution in [3.63, 3.8) is 0 Å². The molecule has 10 heavy (non-hydrogen) atoms. The van der Waals surface area contributed by atoms with E-state index in [4.69, 9.17) is 0 Å². The Hall–Kier alpha value is -0.370. The molecular weight excluding hydrogens is 144 g/mol. The summed E-state index contributed by atoms with van der Waals surface area (Å²) in [7, 11) is -0.739. The molecule has 1 atom stereocenters. The van der Waals surface area contributed by atoms with E-state index in [1.807, 2.05) is 13.0 Å². The Balaban J connectivity index is 2.63. The Morgan fingerprint density at radius 1 is 1.60 bits per heavy atom. The first kappa shape index (κ1) is 7.73. The van der Waals surface area contributed by atoms with Gasteiger partial charge in [-0.25, -0.2) is 0 Å². The van der Waals surface area contributed by atoms with E-state index < -0.39 is 10.8 Å². The van der Waals surface area contributed by atoms with Crippen LogP contribution in [0.3, 0.4) is 0 Å². The van der Waals surface area contributed by atoms with Gasteiger partial charge in [0.2, 0.25) is 0 Å². The highest BCUT2D eigenvalue weighted by Crippen LogP contribution is 2.12. The smallest absolute Gasteiger partial charge is 0.0523 e. The third-order valence-corrected chi connectivity index (χ3v) is 2.84. The highest BCUT2D eigenvalue weighted by Gasteiger charge is 2.02. The molecule has 0 saturated heterocycles. The van der Waals surface area contributed by atoms with Gasteiger partial charge in [-0.2, -0.15) is 0 Å². The summed E-state index contributed by atoms with van der Waals surface area (Å²) in [6, 6.07) is 0. The maximum Gasteiger partial charge on any atom is 0.0523 e. The van der Waals surface area contributed by atoms with Crippen LogP contribution in [0.5, 0.6) is 0 Å². The van der Waals surface area contributed by atoms with Crippen molar-refractivity contribution < 1.29 is 4.21 Å². The van der Waals surface area contributed by atoms with Crippen molar-refractivity contribution in [3.8, 4) is 0 Å². The molecule has 56 valence electrons. The average molecular weight is 156 g/mol. The van der Waals surface area contributed by atoms with Gasteiger partial charge in [-0.1, -0.05) is 25.2 Å². The topological polar surface area (TPSA) is 17.1 Å². The number of hydrogen-bond donors (Lipinski definition) is 0. The molecule has 0 saturated carbocycles. The number of hydrogen-bond acceptors (Lipinski definition) is 1. The lowest BCUT2D eigenvalue weighted by Gasteiger charge is -2.03. The van der Waals surface area contributed by atoms with E-state index in [0.717, 1.165) is 23.5 Å². The first-order valence-corrected chi connectivity index (χ1v) is 4.91. The zero-order chi connectivity index (χ0) is 7.40. The molecule has 0 radical (unpaired) electrons. The summed E-state index contributed by atoms with van der Waals surface area (Å²) in [6.07, 6.45) is 8.29. The fourth-order valence-electron chi connectivity index (χ4n) is 0.925. The van der Waals surface area contributed by atoms with E-state index in [2.05, 4.69) is 12.2 Å². The second-order valence-corrected chi connectivity index (χ2v) is 3.96. The summed E-state index contributed by atoms with van der Waals surface area (Å²) in [5.41, 5.74) is 0. The molecule has 2 heteroatoms. The molecule has 0 amide bonds. The monoisotopic (exact) mass is 156 g/mol. The number of rotatable bonds is 2. The number of allylic oxidation sites excluding steroid dienone is 3. The van der Waals surface area contributed by atoms with Crippen LogP contribution in [0, 0.1) is 0 Å². The second kappa shape index (κ2) is 3.71. The summed E-state index contributed by atoms with van der Waals surface area (Å²) in [4.78, 5) is 1.01. The predicted molar refractivity (Wildman–Crippen MR) is 45.1 cm³/mol. The van der Waals surface area contributed by atoms with Gasteiger partial charge in [0.25, 0.3) is 0 Å². The van der Waals surface area contributed by atoms with Crippen LogP contribution in [-0.4, -0.2) is 9.96 Å². The summed E-state index contributed by atoms with van der Waals surface area (Å²) in [5.74, 6) is 0.732. The van der Waals surface area contributed by atoms with Crippen molar-refractivity contribution >= 4 is 10.8 Å². The highest BCUT2D eigenvalue weighted by molar-refractivity contribution is 7.89.